The minimum absolute atomic E-state index is 0.0306. The number of aromatic nitrogens is 1. The van der Waals surface area contributed by atoms with Gasteiger partial charge in [0.1, 0.15) is 16.7 Å². The Kier molecular flexibility index (Phi) is 6.32. The van der Waals surface area contributed by atoms with Crippen LogP contribution in [-0.2, 0) is 21.4 Å². The number of fused-ring (bicyclic) bond motifs is 2. The van der Waals surface area contributed by atoms with Gasteiger partial charge in [-0.1, -0.05) is 18.2 Å². The van der Waals surface area contributed by atoms with E-state index < -0.39 is 27.7 Å². The molecule has 182 valence electrons. The first-order valence-corrected chi connectivity index (χ1v) is 13.2. The normalized spacial score (nSPS) is 27.1. The van der Waals surface area contributed by atoms with E-state index in [4.69, 9.17) is 4.74 Å². The van der Waals surface area contributed by atoms with Crippen LogP contribution in [-0.4, -0.2) is 77.5 Å². The highest BCUT2D eigenvalue weighted by Crippen LogP contribution is 2.35. The Morgan fingerprint density at radius 1 is 1.12 bits per heavy atom. The zero-order valence-electron chi connectivity index (χ0n) is 19.0. The lowest BCUT2D eigenvalue weighted by Gasteiger charge is -2.43. The highest BCUT2D eigenvalue weighted by atomic mass is 32.2. The van der Waals surface area contributed by atoms with Crippen LogP contribution >= 0.6 is 0 Å². The van der Waals surface area contributed by atoms with Gasteiger partial charge in [0.05, 0.1) is 18.4 Å². The number of hydrogen-bond donors (Lipinski definition) is 2. The SMILES string of the molecule is O=C1NC2(CCOc3ccccc3S(=O)(=O)N3C[C@H](O)C[C@@H]13)CCN(Cc1ccccn1)CC2. The average Bonchev–Trinajstić information content (AvgIpc) is 3.24. The van der Waals surface area contributed by atoms with E-state index in [-0.39, 0.29) is 29.5 Å². The van der Waals surface area contributed by atoms with Crippen LogP contribution in [0.4, 0.5) is 0 Å². The first kappa shape index (κ1) is 23.2. The molecule has 3 aliphatic rings. The van der Waals surface area contributed by atoms with E-state index in [0.29, 0.717) is 13.0 Å². The van der Waals surface area contributed by atoms with Crippen molar-refractivity contribution in [2.75, 3.05) is 26.2 Å². The molecule has 2 fully saturated rings. The molecule has 0 saturated carbocycles. The summed E-state index contributed by atoms with van der Waals surface area (Å²) in [6.07, 6.45) is 2.99. The van der Waals surface area contributed by atoms with Gasteiger partial charge in [-0.05, 0) is 37.1 Å². The van der Waals surface area contributed by atoms with E-state index in [1.165, 1.54) is 6.07 Å². The van der Waals surface area contributed by atoms with Crippen molar-refractivity contribution in [2.45, 2.75) is 54.8 Å². The number of benzene rings is 1. The van der Waals surface area contributed by atoms with Crippen LogP contribution in [0.25, 0.3) is 0 Å². The molecule has 0 radical (unpaired) electrons. The molecule has 34 heavy (non-hydrogen) atoms. The summed E-state index contributed by atoms with van der Waals surface area (Å²) in [5.74, 6) is -0.0718. The van der Waals surface area contributed by atoms with E-state index in [1.807, 2.05) is 18.2 Å². The number of amides is 1. The molecule has 2 saturated heterocycles. The lowest BCUT2D eigenvalue weighted by molar-refractivity contribution is -0.127. The van der Waals surface area contributed by atoms with Gasteiger partial charge in [-0.2, -0.15) is 4.31 Å². The molecule has 4 heterocycles. The maximum atomic E-state index is 13.5. The molecular formula is C24H30N4O5S. The number of aliphatic hydroxyl groups is 1. The predicted molar refractivity (Wildman–Crippen MR) is 124 cm³/mol. The van der Waals surface area contributed by atoms with Gasteiger partial charge in [-0.3, -0.25) is 14.7 Å². The average molecular weight is 487 g/mol. The van der Waals surface area contributed by atoms with E-state index in [1.54, 1.807) is 24.4 Å². The van der Waals surface area contributed by atoms with Gasteiger partial charge in [-0.25, -0.2) is 8.42 Å². The molecule has 1 aromatic heterocycles. The zero-order valence-corrected chi connectivity index (χ0v) is 19.8. The molecule has 3 aliphatic heterocycles. The number of sulfonamides is 1. The Labute approximate surface area is 199 Å². The van der Waals surface area contributed by atoms with Gasteiger partial charge < -0.3 is 15.2 Å². The molecule has 1 spiro atoms. The van der Waals surface area contributed by atoms with E-state index in [9.17, 15) is 18.3 Å². The third-order valence-corrected chi connectivity index (χ3v) is 9.04. The standard InChI is InChI=1S/C24H30N4O5S/c29-19-15-20-23(30)26-24(8-12-27(13-9-24)16-18-5-3-4-11-25-18)10-14-33-21-6-1-2-7-22(21)34(31,32)28(20)17-19/h1-7,11,19-20,29H,8-10,12-17H2,(H,26,30)/t19-,20+/m1/s1. The number of piperidine rings is 1. The third-order valence-electron chi connectivity index (χ3n) is 7.12. The van der Waals surface area contributed by atoms with Crippen molar-refractivity contribution in [1.82, 2.24) is 19.5 Å². The van der Waals surface area contributed by atoms with Gasteiger partial charge >= 0.3 is 0 Å². The number of nitrogens with one attached hydrogen (secondary N) is 1. The summed E-state index contributed by atoms with van der Waals surface area (Å²) in [6, 6.07) is 11.4. The maximum Gasteiger partial charge on any atom is 0.247 e. The van der Waals surface area contributed by atoms with Crippen LogP contribution in [0.3, 0.4) is 0 Å². The Hall–Kier alpha value is -2.53. The van der Waals surface area contributed by atoms with Crippen molar-refractivity contribution < 1.29 is 23.1 Å². The number of aliphatic hydroxyl groups excluding tert-OH is 1. The summed E-state index contributed by atoms with van der Waals surface area (Å²) < 4.78 is 34.0. The van der Waals surface area contributed by atoms with Gasteiger partial charge in [-0.15, -0.1) is 0 Å². The number of carbonyl (C=O) groups excluding carboxylic acids is 1. The smallest absolute Gasteiger partial charge is 0.247 e. The summed E-state index contributed by atoms with van der Waals surface area (Å²) >= 11 is 0. The van der Waals surface area contributed by atoms with Crippen LogP contribution in [0.2, 0.25) is 0 Å². The third kappa shape index (κ3) is 4.55. The van der Waals surface area contributed by atoms with Crippen molar-refractivity contribution in [3.05, 3.63) is 54.4 Å². The minimum Gasteiger partial charge on any atom is -0.492 e. The molecule has 1 amide bonds. The first-order valence-electron chi connectivity index (χ1n) is 11.7. The van der Waals surface area contributed by atoms with Crippen LogP contribution in [0.1, 0.15) is 31.4 Å². The maximum absolute atomic E-state index is 13.5. The fraction of sp³-hybridized carbons (Fsp3) is 0.500. The van der Waals surface area contributed by atoms with Gasteiger partial charge in [0.15, 0.2) is 0 Å². The van der Waals surface area contributed by atoms with Crippen LogP contribution < -0.4 is 10.1 Å². The molecule has 2 aromatic rings. The van der Waals surface area contributed by atoms with Crippen molar-refractivity contribution in [3.63, 3.8) is 0 Å². The number of carbonyl (C=O) groups is 1. The lowest BCUT2D eigenvalue weighted by atomic mass is 9.84. The van der Waals surface area contributed by atoms with Crippen LogP contribution in [0.15, 0.2) is 53.6 Å². The van der Waals surface area contributed by atoms with Gasteiger partial charge in [0, 0.05) is 50.8 Å². The molecule has 0 unspecified atom stereocenters. The monoisotopic (exact) mass is 486 g/mol. The highest BCUT2D eigenvalue weighted by Gasteiger charge is 2.47. The molecule has 1 aromatic carbocycles. The fourth-order valence-electron chi connectivity index (χ4n) is 5.20. The summed E-state index contributed by atoms with van der Waals surface area (Å²) in [4.78, 5) is 20.2. The Morgan fingerprint density at radius 3 is 2.65 bits per heavy atom. The largest absolute Gasteiger partial charge is 0.492 e. The molecule has 5 rings (SSSR count). The second-order valence-electron chi connectivity index (χ2n) is 9.39. The quantitative estimate of drug-likeness (QED) is 0.655. The van der Waals surface area contributed by atoms with Gasteiger partial charge in [0.2, 0.25) is 15.9 Å². The molecule has 10 heteroatoms. The predicted octanol–water partition coefficient (Wildman–Crippen LogP) is 1.14. The highest BCUT2D eigenvalue weighted by molar-refractivity contribution is 7.89. The first-order chi connectivity index (χ1) is 16.4. The Balaban J connectivity index is 1.40. The molecule has 0 aliphatic carbocycles. The van der Waals surface area contributed by atoms with Gasteiger partial charge in [0.25, 0.3) is 0 Å². The van der Waals surface area contributed by atoms with Crippen LogP contribution in [0.5, 0.6) is 5.75 Å². The number of likely N-dealkylation sites (tertiary alicyclic amines) is 1. The van der Waals surface area contributed by atoms with Crippen molar-refractivity contribution >= 4 is 15.9 Å². The topological polar surface area (TPSA) is 112 Å². The number of nitrogens with zero attached hydrogens (tertiary/aromatic N) is 3. The molecular weight excluding hydrogens is 456 g/mol. The van der Waals surface area contributed by atoms with E-state index >= 15 is 0 Å². The number of hydrogen-bond acceptors (Lipinski definition) is 7. The molecule has 2 atom stereocenters. The zero-order chi connectivity index (χ0) is 23.8. The van der Waals surface area contributed by atoms with E-state index in [0.717, 1.165) is 42.5 Å². The number of ether oxygens (including phenoxy) is 1. The van der Waals surface area contributed by atoms with Crippen molar-refractivity contribution in [1.29, 1.82) is 0 Å². The minimum atomic E-state index is -4.01. The van der Waals surface area contributed by atoms with E-state index in [2.05, 4.69) is 15.2 Å². The van der Waals surface area contributed by atoms with Crippen molar-refractivity contribution in [3.8, 4) is 5.75 Å². The number of para-hydroxylation sites is 1. The number of rotatable bonds is 2. The summed E-state index contributed by atoms with van der Waals surface area (Å²) in [6.45, 7) is 2.49. The Bertz CT molecular complexity index is 1140. The Morgan fingerprint density at radius 2 is 1.88 bits per heavy atom. The van der Waals surface area contributed by atoms with Crippen molar-refractivity contribution in [2.24, 2.45) is 0 Å². The second-order valence-corrected chi connectivity index (χ2v) is 11.3. The molecule has 2 N–H and O–H groups in total. The number of pyridine rings is 1. The second kappa shape index (κ2) is 9.26. The fourth-order valence-corrected chi connectivity index (χ4v) is 6.97. The summed E-state index contributed by atoms with van der Waals surface area (Å²) in [5.41, 5.74) is 0.505. The van der Waals surface area contributed by atoms with Crippen LogP contribution in [0, 0.1) is 0 Å². The summed E-state index contributed by atoms with van der Waals surface area (Å²) in [7, 11) is -4.01. The molecule has 0 bridgehead atoms. The molecule has 9 nitrogen and oxygen atoms in total. The summed E-state index contributed by atoms with van der Waals surface area (Å²) in [5, 5.41) is 13.5. The lowest BCUT2D eigenvalue weighted by Crippen LogP contribution is -2.59.